The number of carbonyl (C=O) groups is 3. The molecule has 1 atom stereocenters. The van der Waals surface area contributed by atoms with Crippen LogP contribution in [-0.2, 0) is 20.9 Å². The zero-order chi connectivity index (χ0) is 22.8. The lowest BCUT2D eigenvalue weighted by molar-refractivity contribution is -0.192. The molecule has 1 aromatic heterocycles. The number of halogens is 3. The fraction of sp³-hybridized carbons (Fsp3) is 0.286. The van der Waals surface area contributed by atoms with Crippen LogP contribution in [0, 0.1) is 0 Å². The highest BCUT2D eigenvalue weighted by Gasteiger charge is 2.71. The second-order valence-corrected chi connectivity index (χ2v) is 6.72. The molecule has 0 unspecified atom stereocenters. The summed E-state index contributed by atoms with van der Waals surface area (Å²) >= 11 is 0. The molecule has 0 fully saturated rings. The number of rotatable bonds is 6. The number of ether oxygens (including phenoxy) is 1. The van der Waals surface area contributed by atoms with Crippen molar-refractivity contribution in [3.05, 3.63) is 71.3 Å². The van der Waals surface area contributed by atoms with Crippen LogP contribution < -0.4 is 5.32 Å². The van der Waals surface area contributed by atoms with Gasteiger partial charge in [-0.25, -0.2) is 4.79 Å². The first-order valence-corrected chi connectivity index (χ1v) is 9.30. The maximum Gasteiger partial charge on any atom is 0.425 e. The number of benzene rings is 1. The zero-order valence-electron chi connectivity index (χ0n) is 16.7. The van der Waals surface area contributed by atoms with E-state index >= 15 is 0 Å². The normalized spacial score (nSPS) is 19.0. The van der Waals surface area contributed by atoms with Crippen LogP contribution in [0.25, 0.3) is 0 Å². The van der Waals surface area contributed by atoms with Crippen molar-refractivity contribution < 1.29 is 36.7 Å². The highest BCUT2D eigenvalue weighted by molar-refractivity contribution is 6.11. The summed E-state index contributed by atoms with van der Waals surface area (Å²) in [5, 5.41) is 1.78. The number of hydrogen-bond donors (Lipinski definition) is 1. The molecule has 1 aliphatic heterocycles. The highest BCUT2D eigenvalue weighted by atomic mass is 19.4. The molecule has 10 heteroatoms. The van der Waals surface area contributed by atoms with E-state index in [-0.39, 0.29) is 30.2 Å². The summed E-state index contributed by atoms with van der Waals surface area (Å²) in [5.41, 5.74) is -4.99. The first-order valence-electron chi connectivity index (χ1n) is 9.30. The fourth-order valence-electron chi connectivity index (χ4n) is 3.40. The van der Waals surface area contributed by atoms with Gasteiger partial charge in [0.25, 0.3) is 17.4 Å². The number of hydrogen-bond acceptors (Lipinski definition) is 5. The van der Waals surface area contributed by atoms with Crippen molar-refractivity contribution in [2.24, 2.45) is 0 Å². The molecule has 2 aromatic rings. The van der Waals surface area contributed by atoms with E-state index in [0.29, 0.717) is 0 Å². The van der Waals surface area contributed by atoms with Gasteiger partial charge in [0.2, 0.25) is 0 Å². The number of nitrogens with zero attached hydrogens (tertiary/aromatic N) is 1. The molecule has 7 nitrogen and oxygen atoms in total. The Morgan fingerprint density at radius 1 is 1.16 bits per heavy atom. The Balaban J connectivity index is 2.15. The minimum atomic E-state index is -5.34. The molecule has 31 heavy (non-hydrogen) atoms. The fourth-order valence-corrected chi connectivity index (χ4v) is 3.40. The Morgan fingerprint density at radius 3 is 2.39 bits per heavy atom. The second-order valence-electron chi connectivity index (χ2n) is 6.72. The molecular weight excluding hydrogens is 417 g/mol. The van der Waals surface area contributed by atoms with Crippen LogP contribution in [0.3, 0.4) is 0 Å². The van der Waals surface area contributed by atoms with E-state index in [1.807, 2.05) is 0 Å². The number of alkyl halides is 3. The minimum absolute atomic E-state index is 0.107. The maximum atomic E-state index is 14.5. The van der Waals surface area contributed by atoms with E-state index in [1.165, 1.54) is 56.5 Å². The Kier molecular flexibility index (Phi) is 5.92. The van der Waals surface area contributed by atoms with E-state index in [1.54, 1.807) is 11.4 Å². The molecule has 0 saturated heterocycles. The van der Waals surface area contributed by atoms with E-state index < -0.39 is 35.1 Å². The SMILES string of the molecule is CCOC(=O)C1=C(C)N(Cc2ccco2)C(=O)[C@@]1(NC(=O)c1ccccc1)C(F)(F)F. The molecule has 1 N–H and O–H groups in total. The van der Waals surface area contributed by atoms with Gasteiger partial charge >= 0.3 is 12.1 Å². The van der Waals surface area contributed by atoms with E-state index in [9.17, 15) is 27.6 Å². The van der Waals surface area contributed by atoms with Gasteiger partial charge in [0.1, 0.15) is 11.3 Å². The van der Waals surface area contributed by atoms with E-state index in [0.717, 1.165) is 4.90 Å². The van der Waals surface area contributed by atoms with Gasteiger partial charge in [-0.05, 0) is 38.1 Å². The summed E-state index contributed by atoms with van der Waals surface area (Å²) < 4.78 is 53.4. The van der Waals surface area contributed by atoms with Crippen LogP contribution in [0.5, 0.6) is 0 Å². The average Bonchev–Trinajstić information content (AvgIpc) is 3.30. The predicted octanol–water partition coefficient (Wildman–Crippen LogP) is 3.19. The Bertz CT molecular complexity index is 1020. The molecule has 1 aromatic carbocycles. The summed E-state index contributed by atoms with van der Waals surface area (Å²) in [4.78, 5) is 39.2. The van der Waals surface area contributed by atoms with Crippen LogP contribution >= 0.6 is 0 Å². The molecule has 0 radical (unpaired) electrons. The molecule has 1 aliphatic rings. The van der Waals surface area contributed by atoms with Crippen molar-refractivity contribution >= 4 is 17.8 Å². The smallest absolute Gasteiger partial charge is 0.425 e. The van der Waals surface area contributed by atoms with Gasteiger partial charge < -0.3 is 19.4 Å². The summed E-state index contributed by atoms with van der Waals surface area (Å²) in [6.45, 7) is 2.03. The third-order valence-corrected chi connectivity index (χ3v) is 4.84. The molecule has 3 rings (SSSR count). The summed E-state index contributed by atoms with van der Waals surface area (Å²) in [6.07, 6.45) is -4.04. The lowest BCUT2D eigenvalue weighted by Gasteiger charge is -2.33. The Morgan fingerprint density at radius 2 is 1.84 bits per heavy atom. The van der Waals surface area contributed by atoms with Crippen molar-refractivity contribution in [1.29, 1.82) is 0 Å². The van der Waals surface area contributed by atoms with E-state index in [4.69, 9.17) is 9.15 Å². The third kappa shape index (κ3) is 3.80. The summed E-state index contributed by atoms with van der Waals surface area (Å²) in [6, 6.07) is 10.1. The van der Waals surface area contributed by atoms with Crippen molar-refractivity contribution in [2.45, 2.75) is 32.1 Å². The Labute approximate surface area is 175 Å². The molecule has 0 bridgehead atoms. The van der Waals surface area contributed by atoms with Gasteiger partial charge in [-0.15, -0.1) is 0 Å². The molecule has 0 aliphatic carbocycles. The van der Waals surface area contributed by atoms with Crippen molar-refractivity contribution in [1.82, 2.24) is 10.2 Å². The van der Waals surface area contributed by atoms with Gasteiger partial charge in [0, 0.05) is 11.3 Å². The zero-order valence-corrected chi connectivity index (χ0v) is 16.7. The number of furan rings is 1. The lowest BCUT2D eigenvalue weighted by atomic mass is 9.88. The predicted molar refractivity (Wildman–Crippen MR) is 101 cm³/mol. The summed E-state index contributed by atoms with van der Waals surface area (Å²) in [5.74, 6) is -3.84. The Hall–Kier alpha value is -3.56. The van der Waals surface area contributed by atoms with E-state index in [2.05, 4.69) is 0 Å². The largest absolute Gasteiger partial charge is 0.467 e. The standard InChI is InChI=1S/C21H19F3N2O5/c1-3-30-18(28)16-13(2)26(12-15-10-7-11-31-15)19(29)20(16,21(22,23)24)25-17(27)14-8-5-4-6-9-14/h4-11H,3,12H2,1-2H3,(H,25,27)/t20-/m1/s1. The first kappa shape index (κ1) is 22.1. The minimum Gasteiger partial charge on any atom is -0.467 e. The van der Waals surface area contributed by atoms with Crippen LogP contribution in [0.4, 0.5) is 13.2 Å². The number of carbonyl (C=O) groups excluding carboxylic acids is 3. The van der Waals surface area contributed by atoms with Crippen LogP contribution in [-0.4, -0.2) is 41.0 Å². The topological polar surface area (TPSA) is 88.8 Å². The van der Waals surface area contributed by atoms with Crippen LogP contribution in [0.2, 0.25) is 0 Å². The monoisotopic (exact) mass is 436 g/mol. The van der Waals surface area contributed by atoms with Crippen molar-refractivity contribution in [3.8, 4) is 0 Å². The average molecular weight is 436 g/mol. The highest BCUT2D eigenvalue weighted by Crippen LogP contribution is 2.45. The first-order chi connectivity index (χ1) is 14.6. The van der Waals surface area contributed by atoms with Gasteiger partial charge in [0.15, 0.2) is 0 Å². The number of amides is 2. The quantitative estimate of drug-likeness (QED) is 0.703. The maximum absolute atomic E-state index is 14.5. The lowest BCUT2D eigenvalue weighted by Crippen LogP contribution is -2.66. The number of allylic oxidation sites excluding steroid dienone is 1. The molecular formula is C21H19F3N2O5. The van der Waals surface area contributed by atoms with Gasteiger partial charge in [0.05, 0.1) is 19.4 Å². The van der Waals surface area contributed by atoms with Crippen LogP contribution in [0.1, 0.15) is 30.0 Å². The number of esters is 1. The van der Waals surface area contributed by atoms with Gasteiger partial charge in [-0.1, -0.05) is 18.2 Å². The van der Waals surface area contributed by atoms with Gasteiger partial charge in [-0.2, -0.15) is 13.2 Å². The second kappa shape index (κ2) is 8.29. The molecule has 0 spiro atoms. The van der Waals surface area contributed by atoms with Crippen molar-refractivity contribution in [3.63, 3.8) is 0 Å². The van der Waals surface area contributed by atoms with Gasteiger partial charge in [-0.3, -0.25) is 9.59 Å². The molecule has 164 valence electrons. The number of nitrogens with one attached hydrogen (secondary N) is 1. The molecule has 2 heterocycles. The molecule has 0 saturated carbocycles. The van der Waals surface area contributed by atoms with Crippen LogP contribution in [0.15, 0.2) is 64.4 Å². The third-order valence-electron chi connectivity index (χ3n) is 4.84. The van der Waals surface area contributed by atoms with Crippen molar-refractivity contribution in [2.75, 3.05) is 6.61 Å². The summed E-state index contributed by atoms with van der Waals surface area (Å²) in [7, 11) is 0. The molecule has 2 amide bonds.